The molecule has 0 radical (unpaired) electrons. The second kappa shape index (κ2) is 4.33. The first-order valence-corrected chi connectivity index (χ1v) is 7.60. The van der Waals surface area contributed by atoms with Crippen molar-refractivity contribution in [2.45, 2.75) is 44.2 Å². The molecule has 1 saturated carbocycles. The zero-order valence-electron chi connectivity index (χ0n) is 9.48. The first-order valence-electron chi connectivity index (χ1n) is 5.75. The summed E-state index contributed by atoms with van der Waals surface area (Å²) in [4.78, 5) is 11.9. The van der Waals surface area contributed by atoms with Gasteiger partial charge in [-0.1, -0.05) is 0 Å². The van der Waals surface area contributed by atoms with Gasteiger partial charge in [0, 0.05) is 12.6 Å². The lowest BCUT2D eigenvalue weighted by Crippen LogP contribution is -2.50. The van der Waals surface area contributed by atoms with Crippen molar-refractivity contribution in [1.82, 2.24) is 9.62 Å². The van der Waals surface area contributed by atoms with Crippen LogP contribution in [0, 0.1) is 0 Å². The highest BCUT2D eigenvalue weighted by atomic mass is 32.2. The van der Waals surface area contributed by atoms with Crippen LogP contribution >= 0.6 is 0 Å². The molecule has 0 bridgehead atoms. The summed E-state index contributed by atoms with van der Waals surface area (Å²) in [6.45, 7) is 0.474. The van der Waals surface area contributed by atoms with Gasteiger partial charge in [-0.25, -0.2) is 8.42 Å². The molecule has 92 valence electrons. The van der Waals surface area contributed by atoms with Crippen LogP contribution in [0.5, 0.6) is 0 Å². The molecule has 0 aromatic heterocycles. The van der Waals surface area contributed by atoms with Crippen LogP contribution in [-0.4, -0.2) is 43.5 Å². The Hall–Kier alpha value is -0.620. The molecule has 2 fully saturated rings. The third kappa shape index (κ3) is 2.38. The van der Waals surface area contributed by atoms with Crippen LogP contribution in [-0.2, 0) is 14.8 Å². The molecule has 1 aliphatic heterocycles. The molecule has 0 unspecified atom stereocenters. The van der Waals surface area contributed by atoms with Crippen molar-refractivity contribution < 1.29 is 13.2 Å². The van der Waals surface area contributed by atoms with E-state index in [9.17, 15) is 13.2 Å². The van der Waals surface area contributed by atoms with E-state index in [-0.39, 0.29) is 11.9 Å². The monoisotopic (exact) mass is 246 g/mol. The maximum atomic E-state index is 11.9. The first-order chi connectivity index (χ1) is 7.48. The number of nitrogens with zero attached hydrogens (tertiary/aromatic N) is 1. The van der Waals surface area contributed by atoms with Gasteiger partial charge in [-0.2, -0.15) is 4.31 Å². The Kier molecular flexibility index (Phi) is 3.21. The summed E-state index contributed by atoms with van der Waals surface area (Å²) in [7, 11) is -3.25. The topological polar surface area (TPSA) is 66.5 Å². The fourth-order valence-corrected chi connectivity index (χ4v) is 3.37. The molecule has 0 aromatic carbocycles. The molecule has 0 aromatic rings. The minimum Gasteiger partial charge on any atom is -0.352 e. The molecule has 1 amide bonds. The van der Waals surface area contributed by atoms with E-state index in [1.54, 1.807) is 0 Å². The smallest absolute Gasteiger partial charge is 0.238 e. The van der Waals surface area contributed by atoms with Crippen LogP contribution in [0.2, 0.25) is 0 Å². The Labute approximate surface area is 96.2 Å². The van der Waals surface area contributed by atoms with E-state index in [4.69, 9.17) is 0 Å². The van der Waals surface area contributed by atoms with Gasteiger partial charge in [0.25, 0.3) is 0 Å². The van der Waals surface area contributed by atoms with Crippen molar-refractivity contribution in [2.75, 3.05) is 12.8 Å². The van der Waals surface area contributed by atoms with Gasteiger partial charge < -0.3 is 5.32 Å². The maximum Gasteiger partial charge on any atom is 0.238 e. The number of nitrogens with one attached hydrogen (secondary N) is 1. The molecular weight excluding hydrogens is 228 g/mol. The number of hydrogen-bond donors (Lipinski definition) is 1. The van der Waals surface area contributed by atoms with E-state index in [1.807, 2.05) is 0 Å². The molecule has 1 aliphatic carbocycles. The molecule has 16 heavy (non-hydrogen) atoms. The number of carbonyl (C=O) groups excluding carboxylic acids is 1. The molecule has 1 heterocycles. The van der Waals surface area contributed by atoms with Crippen LogP contribution in [0.3, 0.4) is 0 Å². The number of hydrogen-bond acceptors (Lipinski definition) is 3. The average Bonchev–Trinajstić information content (AvgIpc) is 2.58. The fraction of sp³-hybridized carbons (Fsp3) is 0.900. The molecule has 6 heteroatoms. The molecule has 2 aliphatic rings. The van der Waals surface area contributed by atoms with E-state index < -0.39 is 16.1 Å². The van der Waals surface area contributed by atoms with Gasteiger partial charge in [0.15, 0.2) is 0 Å². The molecular formula is C10H18N2O3S. The van der Waals surface area contributed by atoms with Gasteiger partial charge in [-0.3, -0.25) is 4.79 Å². The summed E-state index contributed by atoms with van der Waals surface area (Å²) >= 11 is 0. The minimum absolute atomic E-state index is 0.118. The third-order valence-electron chi connectivity index (χ3n) is 3.38. The normalized spacial score (nSPS) is 27.7. The van der Waals surface area contributed by atoms with Crippen LogP contribution < -0.4 is 5.32 Å². The van der Waals surface area contributed by atoms with Crippen LogP contribution in [0.25, 0.3) is 0 Å². The lowest BCUT2D eigenvalue weighted by atomic mass is 9.93. The van der Waals surface area contributed by atoms with Gasteiger partial charge in [0.1, 0.15) is 6.04 Å². The zero-order valence-corrected chi connectivity index (χ0v) is 10.3. The first kappa shape index (κ1) is 11.9. The Morgan fingerprint density at radius 1 is 1.25 bits per heavy atom. The average molecular weight is 246 g/mol. The van der Waals surface area contributed by atoms with Crippen molar-refractivity contribution in [3.05, 3.63) is 0 Å². The van der Waals surface area contributed by atoms with E-state index >= 15 is 0 Å². The predicted octanol–water partition coefficient (Wildman–Crippen LogP) is 0.0791. The largest absolute Gasteiger partial charge is 0.352 e. The second-order valence-corrected chi connectivity index (χ2v) is 6.60. The summed E-state index contributed by atoms with van der Waals surface area (Å²) in [5, 5.41) is 2.92. The van der Waals surface area contributed by atoms with Gasteiger partial charge in [0.05, 0.1) is 6.26 Å². The lowest BCUT2D eigenvalue weighted by molar-refractivity contribution is -0.125. The zero-order chi connectivity index (χ0) is 11.8. The summed E-state index contributed by atoms with van der Waals surface area (Å²) in [6, 6.07) is -0.204. The van der Waals surface area contributed by atoms with Crippen molar-refractivity contribution in [3.8, 4) is 0 Å². The molecule has 0 spiro atoms. The summed E-state index contributed by atoms with van der Waals surface area (Å²) in [5.41, 5.74) is 0. The van der Waals surface area contributed by atoms with Crippen LogP contribution in [0.15, 0.2) is 0 Å². The van der Waals surface area contributed by atoms with Gasteiger partial charge in [-0.05, 0) is 32.1 Å². The SMILES string of the molecule is CS(=O)(=O)N1CCC[C@H]1C(=O)NC1CCC1. The van der Waals surface area contributed by atoms with E-state index in [1.165, 1.54) is 10.6 Å². The van der Waals surface area contributed by atoms with E-state index in [0.29, 0.717) is 13.0 Å². The summed E-state index contributed by atoms with van der Waals surface area (Å²) < 4.78 is 24.2. The second-order valence-electron chi connectivity index (χ2n) is 4.67. The highest BCUT2D eigenvalue weighted by Gasteiger charge is 2.37. The number of carbonyl (C=O) groups is 1. The standard InChI is InChI=1S/C10H18N2O3S/c1-16(14,15)12-7-3-6-9(12)10(13)11-8-4-2-5-8/h8-9H,2-7H2,1H3,(H,11,13)/t9-/m0/s1. The van der Waals surface area contributed by atoms with Gasteiger partial charge >= 0.3 is 0 Å². The summed E-state index contributed by atoms with van der Waals surface area (Å²) in [6.07, 6.45) is 5.80. The number of sulfonamides is 1. The Bertz CT molecular complexity index is 376. The highest BCUT2D eigenvalue weighted by molar-refractivity contribution is 7.88. The minimum atomic E-state index is -3.25. The van der Waals surface area contributed by atoms with Crippen molar-refractivity contribution in [1.29, 1.82) is 0 Å². The van der Waals surface area contributed by atoms with E-state index in [2.05, 4.69) is 5.32 Å². The van der Waals surface area contributed by atoms with Crippen molar-refractivity contribution >= 4 is 15.9 Å². The quantitative estimate of drug-likeness (QED) is 0.767. The Morgan fingerprint density at radius 2 is 1.94 bits per heavy atom. The molecule has 2 rings (SSSR count). The van der Waals surface area contributed by atoms with Crippen molar-refractivity contribution in [3.63, 3.8) is 0 Å². The molecule has 1 atom stereocenters. The molecule has 1 N–H and O–H groups in total. The fourth-order valence-electron chi connectivity index (χ4n) is 2.25. The van der Waals surface area contributed by atoms with Crippen LogP contribution in [0.1, 0.15) is 32.1 Å². The lowest BCUT2D eigenvalue weighted by Gasteiger charge is -2.29. The van der Waals surface area contributed by atoms with Crippen LogP contribution in [0.4, 0.5) is 0 Å². The number of rotatable bonds is 3. The predicted molar refractivity (Wildman–Crippen MR) is 60.4 cm³/mol. The highest BCUT2D eigenvalue weighted by Crippen LogP contribution is 2.23. The van der Waals surface area contributed by atoms with Gasteiger partial charge in [-0.15, -0.1) is 0 Å². The molecule has 1 saturated heterocycles. The Morgan fingerprint density at radius 3 is 2.44 bits per heavy atom. The molecule has 5 nitrogen and oxygen atoms in total. The Balaban J connectivity index is 1.99. The summed E-state index contributed by atoms with van der Waals surface area (Å²) in [5.74, 6) is -0.118. The third-order valence-corrected chi connectivity index (χ3v) is 4.67. The van der Waals surface area contributed by atoms with Gasteiger partial charge in [0.2, 0.25) is 15.9 Å². The number of amides is 1. The van der Waals surface area contributed by atoms with E-state index in [0.717, 1.165) is 25.7 Å². The van der Waals surface area contributed by atoms with Crippen molar-refractivity contribution in [2.24, 2.45) is 0 Å². The maximum absolute atomic E-state index is 11.9.